The van der Waals surface area contributed by atoms with Gasteiger partial charge in [0.05, 0.1) is 5.69 Å². The predicted octanol–water partition coefficient (Wildman–Crippen LogP) is 2.97. The van der Waals surface area contributed by atoms with Gasteiger partial charge in [-0.3, -0.25) is 0 Å². The van der Waals surface area contributed by atoms with Gasteiger partial charge >= 0.3 is 0 Å². The Morgan fingerprint density at radius 3 is 2.53 bits per heavy atom. The number of anilines is 1. The molecule has 0 fully saturated rings. The van der Waals surface area contributed by atoms with Crippen LogP contribution in [0.3, 0.4) is 0 Å². The normalized spacial score (nSPS) is 10.8. The first-order valence-corrected chi connectivity index (χ1v) is 5.84. The van der Waals surface area contributed by atoms with E-state index in [2.05, 4.69) is 37.0 Å². The molecule has 2 rings (SSSR count). The van der Waals surface area contributed by atoms with Crippen LogP contribution in [-0.4, -0.2) is 4.98 Å². The predicted molar refractivity (Wildman–Crippen MR) is 69.0 cm³/mol. The van der Waals surface area contributed by atoms with Crippen molar-refractivity contribution in [3.8, 4) is 0 Å². The number of hydrogen-bond donors (Lipinski definition) is 1. The van der Waals surface area contributed by atoms with Crippen molar-refractivity contribution in [3.63, 3.8) is 0 Å². The van der Waals surface area contributed by atoms with E-state index in [9.17, 15) is 0 Å². The lowest BCUT2D eigenvalue weighted by Gasteiger charge is -2.05. The lowest BCUT2D eigenvalue weighted by atomic mass is 10.0. The van der Waals surface area contributed by atoms with E-state index >= 15 is 0 Å². The molecule has 0 saturated heterocycles. The number of hydrogen-bond acceptors (Lipinski definition) is 3. The summed E-state index contributed by atoms with van der Waals surface area (Å²) in [5.41, 5.74) is 10.4. The molecule has 0 amide bonds. The van der Waals surface area contributed by atoms with Crippen LogP contribution in [0.2, 0.25) is 0 Å². The zero-order valence-electron chi connectivity index (χ0n) is 10.6. The second kappa shape index (κ2) is 4.62. The molecule has 3 heteroatoms. The van der Waals surface area contributed by atoms with Gasteiger partial charge in [-0.2, -0.15) is 4.98 Å². The lowest BCUT2D eigenvalue weighted by molar-refractivity contribution is 0.519. The first-order valence-electron chi connectivity index (χ1n) is 5.84. The minimum absolute atomic E-state index is 0.262. The molecule has 1 aromatic heterocycles. The second-order valence-corrected chi connectivity index (χ2v) is 4.49. The van der Waals surface area contributed by atoms with Crippen LogP contribution in [0.15, 0.2) is 22.6 Å². The average molecular weight is 230 g/mol. The number of nitrogens with two attached hydrogens (primary N) is 1. The van der Waals surface area contributed by atoms with Crippen molar-refractivity contribution >= 4 is 6.01 Å². The van der Waals surface area contributed by atoms with E-state index in [4.69, 9.17) is 10.2 Å². The van der Waals surface area contributed by atoms with Crippen LogP contribution >= 0.6 is 0 Å². The van der Waals surface area contributed by atoms with E-state index < -0.39 is 0 Å². The lowest BCUT2D eigenvalue weighted by Crippen LogP contribution is -1.95. The van der Waals surface area contributed by atoms with E-state index in [1.165, 1.54) is 16.7 Å². The third kappa shape index (κ3) is 2.67. The summed E-state index contributed by atoms with van der Waals surface area (Å²) < 4.78 is 5.37. The highest BCUT2D eigenvalue weighted by Gasteiger charge is 2.08. The Kier molecular flexibility index (Phi) is 3.18. The van der Waals surface area contributed by atoms with Crippen LogP contribution in [0.1, 0.15) is 28.1 Å². The highest BCUT2D eigenvalue weighted by molar-refractivity contribution is 5.31. The van der Waals surface area contributed by atoms with Crippen LogP contribution in [0.5, 0.6) is 0 Å². The topological polar surface area (TPSA) is 52.0 Å². The Hall–Kier alpha value is -1.77. The minimum atomic E-state index is 0.262. The van der Waals surface area contributed by atoms with Gasteiger partial charge in [0.25, 0.3) is 6.01 Å². The van der Waals surface area contributed by atoms with Gasteiger partial charge in [0.1, 0.15) is 5.76 Å². The Balaban J connectivity index is 2.10. The average Bonchev–Trinajstić information content (AvgIpc) is 2.56. The SMILES string of the molecule is Cc1ccc(CCc2oc(N)nc2C)c(C)c1. The summed E-state index contributed by atoms with van der Waals surface area (Å²) in [6, 6.07) is 6.79. The summed E-state index contributed by atoms with van der Waals surface area (Å²) >= 11 is 0. The second-order valence-electron chi connectivity index (χ2n) is 4.49. The van der Waals surface area contributed by atoms with Gasteiger partial charge in [0, 0.05) is 6.42 Å². The number of aryl methyl sites for hydroxylation is 5. The smallest absolute Gasteiger partial charge is 0.292 e. The van der Waals surface area contributed by atoms with Crippen molar-refractivity contribution < 1.29 is 4.42 Å². The number of rotatable bonds is 3. The number of benzene rings is 1. The maximum absolute atomic E-state index is 5.52. The molecule has 0 aliphatic carbocycles. The van der Waals surface area contributed by atoms with Crippen molar-refractivity contribution in [1.82, 2.24) is 4.98 Å². The Morgan fingerprint density at radius 2 is 1.94 bits per heavy atom. The molecule has 3 nitrogen and oxygen atoms in total. The van der Waals surface area contributed by atoms with Crippen LogP contribution < -0.4 is 5.73 Å². The fourth-order valence-corrected chi connectivity index (χ4v) is 2.06. The fraction of sp³-hybridized carbons (Fsp3) is 0.357. The van der Waals surface area contributed by atoms with Gasteiger partial charge in [-0.15, -0.1) is 0 Å². The molecule has 0 bridgehead atoms. The monoisotopic (exact) mass is 230 g/mol. The Morgan fingerprint density at radius 1 is 1.18 bits per heavy atom. The van der Waals surface area contributed by atoms with Crippen molar-refractivity contribution in [2.75, 3.05) is 5.73 Å². The van der Waals surface area contributed by atoms with Crippen LogP contribution in [0, 0.1) is 20.8 Å². The van der Waals surface area contributed by atoms with Gasteiger partial charge < -0.3 is 10.2 Å². The first-order chi connectivity index (χ1) is 8.06. The summed E-state index contributed by atoms with van der Waals surface area (Å²) in [5, 5.41) is 0. The van der Waals surface area contributed by atoms with Gasteiger partial charge in [-0.05, 0) is 38.3 Å². The molecule has 0 atom stereocenters. The summed E-state index contributed by atoms with van der Waals surface area (Å²) in [4.78, 5) is 4.07. The summed E-state index contributed by atoms with van der Waals surface area (Å²) in [7, 11) is 0. The number of aromatic nitrogens is 1. The third-order valence-electron chi connectivity index (χ3n) is 3.03. The van der Waals surface area contributed by atoms with Crippen molar-refractivity contribution in [2.45, 2.75) is 33.6 Å². The molecule has 1 heterocycles. The molecule has 0 saturated carbocycles. The van der Waals surface area contributed by atoms with E-state index in [0.29, 0.717) is 0 Å². The molecule has 0 aliphatic heterocycles. The van der Waals surface area contributed by atoms with Crippen molar-refractivity contribution in [1.29, 1.82) is 0 Å². The van der Waals surface area contributed by atoms with E-state index in [1.807, 2.05) is 6.92 Å². The van der Waals surface area contributed by atoms with Gasteiger partial charge in [-0.25, -0.2) is 0 Å². The molecular weight excluding hydrogens is 212 g/mol. The zero-order valence-corrected chi connectivity index (χ0v) is 10.6. The summed E-state index contributed by atoms with van der Waals surface area (Å²) in [6.07, 6.45) is 1.81. The van der Waals surface area contributed by atoms with E-state index in [-0.39, 0.29) is 6.01 Å². The molecule has 90 valence electrons. The quantitative estimate of drug-likeness (QED) is 0.882. The molecular formula is C14H18N2O. The largest absolute Gasteiger partial charge is 0.429 e. The first kappa shape index (κ1) is 11.7. The number of nitrogens with zero attached hydrogens (tertiary/aromatic N) is 1. The molecule has 1 aromatic carbocycles. The molecule has 0 aliphatic rings. The molecule has 2 N–H and O–H groups in total. The highest BCUT2D eigenvalue weighted by atomic mass is 16.4. The van der Waals surface area contributed by atoms with Crippen LogP contribution in [0.4, 0.5) is 6.01 Å². The standard InChI is InChI=1S/C14H18N2O/c1-9-4-5-12(10(2)8-9)6-7-13-11(3)16-14(15)17-13/h4-5,8H,6-7H2,1-3H3,(H2,15,16). The highest BCUT2D eigenvalue weighted by Crippen LogP contribution is 2.17. The fourth-order valence-electron chi connectivity index (χ4n) is 2.06. The van der Waals surface area contributed by atoms with Gasteiger partial charge in [0.2, 0.25) is 0 Å². The van der Waals surface area contributed by atoms with Crippen molar-refractivity contribution in [3.05, 3.63) is 46.3 Å². The Labute approximate surface area is 102 Å². The van der Waals surface area contributed by atoms with E-state index in [1.54, 1.807) is 0 Å². The maximum Gasteiger partial charge on any atom is 0.292 e. The van der Waals surface area contributed by atoms with Crippen LogP contribution in [-0.2, 0) is 12.8 Å². The molecule has 17 heavy (non-hydrogen) atoms. The third-order valence-corrected chi connectivity index (χ3v) is 3.03. The van der Waals surface area contributed by atoms with Gasteiger partial charge in [-0.1, -0.05) is 23.8 Å². The van der Waals surface area contributed by atoms with Crippen LogP contribution in [0.25, 0.3) is 0 Å². The van der Waals surface area contributed by atoms with Gasteiger partial charge in [0.15, 0.2) is 0 Å². The summed E-state index contributed by atoms with van der Waals surface area (Å²) in [5.74, 6) is 0.891. The van der Waals surface area contributed by atoms with Crippen molar-refractivity contribution in [2.24, 2.45) is 0 Å². The maximum atomic E-state index is 5.52. The molecule has 2 aromatic rings. The molecule has 0 unspecified atom stereocenters. The minimum Gasteiger partial charge on any atom is -0.429 e. The number of oxazole rings is 1. The Bertz CT molecular complexity index is 529. The zero-order chi connectivity index (χ0) is 12.4. The molecule has 0 spiro atoms. The molecule has 0 radical (unpaired) electrons. The number of nitrogen functional groups attached to an aromatic ring is 1. The summed E-state index contributed by atoms with van der Waals surface area (Å²) in [6.45, 7) is 6.18. The van der Waals surface area contributed by atoms with E-state index in [0.717, 1.165) is 24.3 Å².